The molecule has 0 atom stereocenters. The summed E-state index contributed by atoms with van der Waals surface area (Å²) in [5, 5.41) is 17.9. The van der Waals surface area contributed by atoms with Crippen molar-refractivity contribution in [2.45, 2.75) is 31.3 Å². The topological polar surface area (TPSA) is 127 Å². The third-order valence-corrected chi connectivity index (χ3v) is 2.92. The minimum Gasteiger partial charge on any atom is -0.480 e. The van der Waals surface area contributed by atoms with Gasteiger partial charge in [-0.05, 0) is 12.8 Å². The van der Waals surface area contributed by atoms with Crippen LogP contribution in [0.25, 0.3) is 0 Å². The van der Waals surface area contributed by atoms with Gasteiger partial charge < -0.3 is 21.7 Å². The van der Waals surface area contributed by atoms with Gasteiger partial charge in [-0.15, -0.1) is 0 Å². The molecule has 0 unspecified atom stereocenters. The number of rotatable bonds is 2. The van der Waals surface area contributed by atoms with E-state index in [1.54, 1.807) is 0 Å². The van der Waals surface area contributed by atoms with Gasteiger partial charge in [0.1, 0.15) is 0 Å². The van der Waals surface area contributed by atoms with Crippen LogP contribution in [0.5, 0.6) is 0 Å². The van der Waals surface area contributed by atoms with E-state index in [4.69, 9.17) is 21.7 Å². The van der Waals surface area contributed by atoms with Gasteiger partial charge in [0.05, 0.1) is 5.66 Å². The summed E-state index contributed by atoms with van der Waals surface area (Å²) in [6.07, 6.45) is 1.39. The molecule has 0 heterocycles. The molecular formula is C8H14N2O4. The van der Waals surface area contributed by atoms with E-state index in [2.05, 4.69) is 0 Å². The highest BCUT2D eigenvalue weighted by Crippen LogP contribution is 2.40. The number of carbonyl (C=O) groups is 2. The van der Waals surface area contributed by atoms with Crippen molar-refractivity contribution in [3.05, 3.63) is 0 Å². The summed E-state index contributed by atoms with van der Waals surface area (Å²) < 4.78 is 0. The fourth-order valence-corrected chi connectivity index (χ4v) is 1.96. The van der Waals surface area contributed by atoms with Crippen LogP contribution in [0, 0.1) is 5.41 Å². The first-order chi connectivity index (χ1) is 6.34. The highest BCUT2D eigenvalue weighted by atomic mass is 16.4. The van der Waals surface area contributed by atoms with Gasteiger partial charge in [0, 0.05) is 0 Å². The molecule has 6 N–H and O–H groups in total. The molecule has 80 valence electrons. The Morgan fingerprint density at radius 1 is 1.00 bits per heavy atom. The fraction of sp³-hybridized carbons (Fsp3) is 0.750. The lowest BCUT2D eigenvalue weighted by molar-refractivity contribution is -0.173. The zero-order valence-corrected chi connectivity index (χ0v) is 7.69. The highest BCUT2D eigenvalue weighted by Gasteiger charge is 2.60. The lowest BCUT2D eigenvalue weighted by atomic mass is 9.66. The molecule has 0 aromatic carbocycles. The second-order valence-corrected chi connectivity index (χ2v) is 3.76. The smallest absolute Gasteiger partial charge is 0.324 e. The van der Waals surface area contributed by atoms with Gasteiger partial charge in [0.15, 0.2) is 5.41 Å². The van der Waals surface area contributed by atoms with Crippen LogP contribution in [0.4, 0.5) is 0 Å². The molecule has 1 aliphatic carbocycles. The van der Waals surface area contributed by atoms with Gasteiger partial charge in [0.2, 0.25) is 0 Å². The molecule has 1 rings (SSSR count). The van der Waals surface area contributed by atoms with Gasteiger partial charge in [0.25, 0.3) is 0 Å². The van der Waals surface area contributed by atoms with Crippen molar-refractivity contribution in [2.75, 3.05) is 0 Å². The van der Waals surface area contributed by atoms with Crippen LogP contribution < -0.4 is 11.5 Å². The van der Waals surface area contributed by atoms with Gasteiger partial charge in [-0.2, -0.15) is 0 Å². The fourth-order valence-electron chi connectivity index (χ4n) is 1.96. The molecule has 1 fully saturated rings. The monoisotopic (exact) mass is 202 g/mol. The predicted octanol–water partition coefficient (Wildman–Crippen LogP) is -0.670. The van der Waals surface area contributed by atoms with E-state index < -0.39 is 23.0 Å². The zero-order valence-electron chi connectivity index (χ0n) is 7.69. The maximum atomic E-state index is 11.0. The van der Waals surface area contributed by atoms with Crippen LogP contribution in [0.15, 0.2) is 0 Å². The quantitative estimate of drug-likeness (QED) is 0.347. The van der Waals surface area contributed by atoms with Crippen LogP contribution in [0.1, 0.15) is 25.7 Å². The summed E-state index contributed by atoms with van der Waals surface area (Å²) in [6.45, 7) is 0. The Morgan fingerprint density at radius 3 is 1.71 bits per heavy atom. The van der Waals surface area contributed by atoms with Crippen molar-refractivity contribution in [3.63, 3.8) is 0 Å². The lowest BCUT2D eigenvalue weighted by Crippen LogP contribution is -2.70. The summed E-state index contributed by atoms with van der Waals surface area (Å²) in [5.74, 6) is -2.90. The Labute approximate surface area is 80.9 Å². The van der Waals surface area contributed by atoms with Gasteiger partial charge in [-0.1, -0.05) is 12.8 Å². The first-order valence-corrected chi connectivity index (χ1v) is 4.39. The van der Waals surface area contributed by atoms with Crippen molar-refractivity contribution in [1.29, 1.82) is 0 Å². The maximum absolute atomic E-state index is 11.0. The number of nitrogens with two attached hydrogens (primary N) is 2. The lowest BCUT2D eigenvalue weighted by Gasteiger charge is -2.42. The molecule has 1 saturated carbocycles. The Balaban J connectivity index is 3.18. The van der Waals surface area contributed by atoms with Gasteiger partial charge in [-0.3, -0.25) is 9.59 Å². The zero-order chi connectivity index (χ0) is 11.0. The van der Waals surface area contributed by atoms with E-state index in [-0.39, 0.29) is 12.8 Å². The number of hydrogen-bond donors (Lipinski definition) is 4. The van der Waals surface area contributed by atoms with E-state index >= 15 is 0 Å². The Kier molecular flexibility index (Phi) is 2.51. The van der Waals surface area contributed by atoms with E-state index in [1.165, 1.54) is 0 Å². The molecule has 6 heteroatoms. The highest BCUT2D eigenvalue weighted by molar-refractivity contribution is 6.00. The first kappa shape index (κ1) is 10.9. The summed E-state index contributed by atoms with van der Waals surface area (Å²) in [7, 11) is 0. The molecule has 6 nitrogen and oxygen atoms in total. The third-order valence-electron chi connectivity index (χ3n) is 2.92. The molecule has 0 aromatic rings. The molecule has 0 aromatic heterocycles. The summed E-state index contributed by atoms with van der Waals surface area (Å²) >= 11 is 0. The largest absolute Gasteiger partial charge is 0.480 e. The average molecular weight is 202 g/mol. The van der Waals surface area contributed by atoms with Crippen LogP contribution in [-0.4, -0.2) is 27.8 Å². The summed E-state index contributed by atoms with van der Waals surface area (Å²) in [5.41, 5.74) is 7.45. The Morgan fingerprint density at radius 2 is 1.43 bits per heavy atom. The van der Waals surface area contributed by atoms with Crippen LogP contribution in [0.2, 0.25) is 0 Å². The summed E-state index contributed by atoms with van der Waals surface area (Å²) in [6, 6.07) is 0. The van der Waals surface area contributed by atoms with Crippen LogP contribution in [0.3, 0.4) is 0 Å². The Bertz CT molecular complexity index is 261. The van der Waals surface area contributed by atoms with E-state index in [9.17, 15) is 9.59 Å². The second-order valence-electron chi connectivity index (χ2n) is 3.76. The first-order valence-electron chi connectivity index (χ1n) is 4.39. The van der Waals surface area contributed by atoms with Crippen LogP contribution >= 0.6 is 0 Å². The number of carboxylic acid groups (broad SMARTS) is 2. The van der Waals surface area contributed by atoms with Gasteiger partial charge >= 0.3 is 11.9 Å². The van der Waals surface area contributed by atoms with E-state index in [1.807, 2.05) is 0 Å². The van der Waals surface area contributed by atoms with Crippen molar-refractivity contribution < 1.29 is 19.8 Å². The van der Waals surface area contributed by atoms with Crippen molar-refractivity contribution in [1.82, 2.24) is 0 Å². The van der Waals surface area contributed by atoms with Gasteiger partial charge in [-0.25, -0.2) is 0 Å². The van der Waals surface area contributed by atoms with Crippen molar-refractivity contribution in [2.24, 2.45) is 16.9 Å². The molecule has 1 aliphatic rings. The number of carboxylic acids is 2. The van der Waals surface area contributed by atoms with E-state index in [0.29, 0.717) is 12.8 Å². The minimum absolute atomic E-state index is 0.00926. The van der Waals surface area contributed by atoms with Crippen molar-refractivity contribution >= 4 is 11.9 Å². The number of aliphatic carboxylic acids is 2. The SMILES string of the molecule is NC1(N)CCCCC1(C(=O)O)C(=O)O. The summed E-state index contributed by atoms with van der Waals surface area (Å²) in [4.78, 5) is 22.0. The molecule has 0 saturated heterocycles. The third kappa shape index (κ3) is 1.27. The molecule has 0 bridgehead atoms. The molecule has 0 amide bonds. The van der Waals surface area contributed by atoms with E-state index in [0.717, 1.165) is 0 Å². The molecule has 0 spiro atoms. The standard InChI is InChI=1S/C8H14N2O4/c9-8(10)4-2-1-3-7(8,5(11)12)6(13)14/h1-4,9-10H2,(H,11,12)(H,13,14). The average Bonchev–Trinajstić information content (AvgIpc) is 2.02. The normalized spacial score (nSPS) is 24.1. The molecule has 14 heavy (non-hydrogen) atoms. The maximum Gasteiger partial charge on any atom is 0.324 e. The number of hydrogen-bond acceptors (Lipinski definition) is 4. The van der Waals surface area contributed by atoms with Crippen LogP contribution in [-0.2, 0) is 9.59 Å². The Hall–Kier alpha value is -1.14. The molecular weight excluding hydrogens is 188 g/mol. The van der Waals surface area contributed by atoms with Crippen molar-refractivity contribution in [3.8, 4) is 0 Å². The molecule has 0 aliphatic heterocycles. The molecule has 0 radical (unpaired) electrons. The minimum atomic E-state index is -2.04. The second kappa shape index (κ2) is 3.21. The predicted molar refractivity (Wildman–Crippen MR) is 47.3 cm³/mol.